The number of hydrogen-bond acceptors (Lipinski definition) is 2. The molecule has 0 aromatic rings. The van der Waals surface area contributed by atoms with Gasteiger partial charge in [-0.25, -0.2) is 22.3 Å². The minimum atomic E-state index is -3.74. The van der Waals surface area contributed by atoms with Gasteiger partial charge < -0.3 is 0 Å². The fourth-order valence-electron chi connectivity index (χ4n) is 0.988. The van der Waals surface area contributed by atoms with Gasteiger partial charge in [-0.2, -0.15) is 0 Å². The summed E-state index contributed by atoms with van der Waals surface area (Å²) in [5.41, 5.74) is 0. The molecule has 0 aromatic heterocycles. The van der Waals surface area contributed by atoms with Gasteiger partial charge in [0.15, 0.2) is 0 Å². The van der Waals surface area contributed by atoms with E-state index < -0.39 is 34.0 Å². The summed E-state index contributed by atoms with van der Waals surface area (Å²) in [6, 6.07) is 0. The third-order valence-electron chi connectivity index (χ3n) is 1.89. The van der Waals surface area contributed by atoms with Crippen molar-refractivity contribution < 1.29 is 17.2 Å². The maximum atomic E-state index is 12.8. The van der Waals surface area contributed by atoms with Crippen molar-refractivity contribution in [2.75, 3.05) is 5.75 Å². The number of primary sulfonamides is 1. The average molecular weight is 199 g/mol. The predicted molar refractivity (Wildman–Crippen MR) is 40.3 cm³/mol. The smallest absolute Gasteiger partial charge is 0.229 e. The molecule has 1 saturated carbocycles. The summed E-state index contributed by atoms with van der Waals surface area (Å²) < 4.78 is 46.4. The summed E-state index contributed by atoms with van der Waals surface area (Å²) in [6.45, 7) is 0. The van der Waals surface area contributed by atoms with Crippen molar-refractivity contribution in [1.82, 2.24) is 0 Å². The molecule has 0 unspecified atom stereocenters. The molecular formula is C6H11F2NO2S. The van der Waals surface area contributed by atoms with Gasteiger partial charge in [0, 0.05) is 12.3 Å². The van der Waals surface area contributed by atoms with Gasteiger partial charge in [-0.3, -0.25) is 0 Å². The lowest BCUT2D eigenvalue weighted by molar-refractivity contribution is -0.0250. The van der Waals surface area contributed by atoms with Gasteiger partial charge in [-0.05, 0) is 12.8 Å². The molecule has 0 amide bonds. The maximum absolute atomic E-state index is 12.8. The van der Waals surface area contributed by atoms with Crippen LogP contribution >= 0.6 is 0 Å². The highest BCUT2D eigenvalue weighted by molar-refractivity contribution is 7.89. The summed E-state index contributed by atoms with van der Waals surface area (Å²) in [5, 5.41) is 4.60. The highest BCUT2D eigenvalue weighted by Gasteiger charge is 2.46. The molecule has 0 saturated heterocycles. The zero-order valence-electron chi connectivity index (χ0n) is 6.46. The van der Waals surface area contributed by atoms with Crippen molar-refractivity contribution in [1.29, 1.82) is 0 Å². The Balaban J connectivity index is 2.40. The Labute approximate surface area is 70.0 Å². The van der Waals surface area contributed by atoms with Gasteiger partial charge in [-0.1, -0.05) is 0 Å². The monoisotopic (exact) mass is 199 g/mol. The van der Waals surface area contributed by atoms with Crippen LogP contribution in [0.4, 0.5) is 8.78 Å². The van der Waals surface area contributed by atoms with E-state index >= 15 is 0 Å². The largest absolute Gasteiger partial charge is 0.251 e. The zero-order chi connectivity index (χ0) is 9.41. The first kappa shape index (κ1) is 9.85. The SMILES string of the molecule is NS(=O)(=O)CCC(F)(F)C1CC1. The number of rotatable bonds is 4. The molecule has 72 valence electrons. The molecular weight excluding hydrogens is 188 g/mol. The minimum Gasteiger partial charge on any atom is -0.229 e. The second-order valence-electron chi connectivity index (χ2n) is 3.15. The molecule has 0 atom stereocenters. The van der Waals surface area contributed by atoms with Crippen LogP contribution in [0.5, 0.6) is 0 Å². The van der Waals surface area contributed by atoms with Crippen LogP contribution in [0.2, 0.25) is 0 Å². The Morgan fingerprint density at radius 3 is 2.25 bits per heavy atom. The molecule has 0 bridgehead atoms. The summed E-state index contributed by atoms with van der Waals surface area (Å²) in [5.74, 6) is -4.08. The van der Waals surface area contributed by atoms with Gasteiger partial charge >= 0.3 is 0 Å². The highest BCUT2D eigenvalue weighted by atomic mass is 32.2. The lowest BCUT2D eigenvalue weighted by Crippen LogP contribution is -2.26. The lowest BCUT2D eigenvalue weighted by atomic mass is 10.2. The molecule has 0 aliphatic heterocycles. The Morgan fingerprint density at radius 2 is 1.92 bits per heavy atom. The number of halogens is 2. The summed E-state index contributed by atoms with van der Waals surface area (Å²) in [4.78, 5) is 0. The lowest BCUT2D eigenvalue weighted by Gasteiger charge is -2.13. The molecule has 0 radical (unpaired) electrons. The van der Waals surface area contributed by atoms with Crippen molar-refractivity contribution >= 4 is 10.0 Å². The summed E-state index contributed by atoms with van der Waals surface area (Å²) in [7, 11) is -3.74. The standard InChI is InChI=1S/C6H11F2NO2S/c7-6(8,5-1-2-5)3-4-12(9,10)11/h5H,1-4H2,(H2,9,10,11). The topological polar surface area (TPSA) is 60.2 Å². The molecule has 1 aliphatic rings. The van der Waals surface area contributed by atoms with Crippen molar-refractivity contribution in [3.05, 3.63) is 0 Å². The molecule has 12 heavy (non-hydrogen) atoms. The zero-order valence-corrected chi connectivity index (χ0v) is 7.28. The van der Waals surface area contributed by atoms with E-state index in [4.69, 9.17) is 0 Å². The van der Waals surface area contributed by atoms with Crippen LogP contribution in [0.15, 0.2) is 0 Å². The van der Waals surface area contributed by atoms with E-state index in [0.717, 1.165) is 0 Å². The molecule has 1 rings (SSSR count). The minimum absolute atomic E-state index is 0.498. The molecule has 0 aromatic carbocycles. The van der Waals surface area contributed by atoms with Crippen molar-refractivity contribution in [3.8, 4) is 0 Å². The van der Waals surface area contributed by atoms with Gasteiger partial charge in [0.2, 0.25) is 10.0 Å². The van der Waals surface area contributed by atoms with E-state index in [0.29, 0.717) is 12.8 Å². The van der Waals surface area contributed by atoms with Crippen LogP contribution in [-0.4, -0.2) is 20.1 Å². The van der Waals surface area contributed by atoms with Gasteiger partial charge in [0.1, 0.15) is 0 Å². The Hall–Kier alpha value is -0.230. The van der Waals surface area contributed by atoms with Crippen LogP contribution in [0.3, 0.4) is 0 Å². The summed E-state index contributed by atoms with van der Waals surface area (Å²) >= 11 is 0. The molecule has 0 heterocycles. The molecule has 3 nitrogen and oxygen atoms in total. The normalized spacial score (nSPS) is 19.6. The van der Waals surface area contributed by atoms with Gasteiger partial charge in [0.05, 0.1) is 5.75 Å². The van der Waals surface area contributed by atoms with E-state index in [1.54, 1.807) is 0 Å². The molecule has 6 heteroatoms. The average Bonchev–Trinajstić information content (AvgIpc) is 2.62. The number of sulfonamides is 1. The number of alkyl halides is 2. The molecule has 1 fully saturated rings. The highest BCUT2D eigenvalue weighted by Crippen LogP contribution is 2.45. The third-order valence-corrected chi connectivity index (χ3v) is 2.67. The first-order valence-corrected chi connectivity index (χ1v) is 5.41. The fraction of sp³-hybridized carbons (Fsp3) is 1.00. The van der Waals surface area contributed by atoms with E-state index in [9.17, 15) is 17.2 Å². The first-order chi connectivity index (χ1) is 5.31. The number of nitrogens with two attached hydrogens (primary N) is 1. The predicted octanol–water partition coefficient (Wildman–Crippen LogP) is 0.710. The van der Waals surface area contributed by atoms with E-state index in [-0.39, 0.29) is 0 Å². The second-order valence-corrected chi connectivity index (χ2v) is 4.89. The van der Waals surface area contributed by atoms with Crippen molar-refractivity contribution in [2.24, 2.45) is 11.1 Å². The van der Waals surface area contributed by atoms with Crippen LogP contribution in [0, 0.1) is 5.92 Å². The van der Waals surface area contributed by atoms with E-state index in [2.05, 4.69) is 5.14 Å². The maximum Gasteiger partial charge on any atom is 0.251 e. The number of hydrogen-bond donors (Lipinski definition) is 1. The van der Waals surface area contributed by atoms with Crippen LogP contribution in [-0.2, 0) is 10.0 Å². The van der Waals surface area contributed by atoms with Crippen molar-refractivity contribution in [3.63, 3.8) is 0 Å². The van der Waals surface area contributed by atoms with E-state index in [1.165, 1.54) is 0 Å². The van der Waals surface area contributed by atoms with Crippen LogP contribution in [0.1, 0.15) is 19.3 Å². The molecule has 0 spiro atoms. The quantitative estimate of drug-likeness (QED) is 0.724. The second kappa shape index (κ2) is 2.92. The fourth-order valence-corrected chi connectivity index (χ4v) is 1.54. The Kier molecular flexibility index (Phi) is 2.40. The third kappa shape index (κ3) is 3.02. The molecule has 2 N–H and O–H groups in total. The van der Waals surface area contributed by atoms with Gasteiger partial charge in [0.25, 0.3) is 5.92 Å². The molecule has 1 aliphatic carbocycles. The van der Waals surface area contributed by atoms with E-state index in [1.807, 2.05) is 0 Å². The van der Waals surface area contributed by atoms with Crippen LogP contribution in [0.25, 0.3) is 0 Å². The first-order valence-electron chi connectivity index (χ1n) is 3.69. The Bertz CT molecular complexity index is 259. The van der Waals surface area contributed by atoms with Crippen molar-refractivity contribution in [2.45, 2.75) is 25.2 Å². The van der Waals surface area contributed by atoms with Gasteiger partial charge in [-0.15, -0.1) is 0 Å². The van der Waals surface area contributed by atoms with Crippen LogP contribution < -0.4 is 5.14 Å². The summed E-state index contributed by atoms with van der Waals surface area (Å²) in [6.07, 6.45) is 0.353. The Morgan fingerprint density at radius 1 is 1.42 bits per heavy atom.